The molecule has 0 aromatic heterocycles. The molecule has 4 nitrogen and oxygen atoms in total. The van der Waals surface area contributed by atoms with Crippen LogP contribution < -0.4 is 0 Å². The molecule has 3 aliphatic heterocycles. The first-order valence-electron chi connectivity index (χ1n) is 12.0. The van der Waals surface area contributed by atoms with Gasteiger partial charge in [0.1, 0.15) is 0 Å². The highest BCUT2D eigenvalue weighted by Crippen LogP contribution is 2.23. The van der Waals surface area contributed by atoms with Crippen LogP contribution in [0.2, 0.25) is 6.04 Å². The van der Waals surface area contributed by atoms with Crippen molar-refractivity contribution in [3.63, 3.8) is 0 Å². The van der Waals surface area contributed by atoms with Crippen molar-refractivity contribution in [3.8, 4) is 0 Å². The van der Waals surface area contributed by atoms with Crippen molar-refractivity contribution in [2.45, 2.75) is 103 Å². The minimum Gasteiger partial charge on any atom is -0.372 e. The first-order valence-corrected chi connectivity index (χ1v) is 13.9. The molecule has 0 atom stereocenters. The van der Waals surface area contributed by atoms with E-state index in [4.69, 9.17) is 13.3 Å². The molecule has 3 fully saturated rings. The van der Waals surface area contributed by atoms with E-state index in [1.165, 1.54) is 89.9 Å². The number of fused-ring (bicyclic) bond motifs is 6. The van der Waals surface area contributed by atoms with Crippen molar-refractivity contribution < 1.29 is 13.3 Å². The van der Waals surface area contributed by atoms with Crippen LogP contribution in [0.25, 0.3) is 0 Å². The molecule has 3 saturated heterocycles. The lowest BCUT2D eigenvalue weighted by Crippen LogP contribution is -2.54. The van der Waals surface area contributed by atoms with E-state index in [9.17, 15) is 0 Å². The molecule has 0 aromatic rings. The summed E-state index contributed by atoms with van der Waals surface area (Å²) in [4.78, 5) is 2.38. The van der Waals surface area contributed by atoms with E-state index in [1.807, 2.05) is 0 Å². The van der Waals surface area contributed by atoms with Gasteiger partial charge in [-0.05, 0) is 6.42 Å². The second-order valence-electron chi connectivity index (χ2n) is 8.42. The zero-order valence-electron chi connectivity index (χ0n) is 18.0. The van der Waals surface area contributed by atoms with E-state index < -0.39 is 8.80 Å². The van der Waals surface area contributed by atoms with Crippen molar-refractivity contribution >= 4 is 8.80 Å². The van der Waals surface area contributed by atoms with E-state index in [0.717, 1.165) is 45.5 Å². The molecule has 0 radical (unpaired) electrons. The molecular weight excluding hydrogens is 354 g/mol. The van der Waals surface area contributed by atoms with Crippen LogP contribution in [0.3, 0.4) is 0 Å². The fourth-order valence-electron chi connectivity index (χ4n) is 4.20. The molecule has 5 heteroatoms. The quantitative estimate of drug-likeness (QED) is 0.258. The van der Waals surface area contributed by atoms with Crippen LogP contribution in [-0.4, -0.2) is 53.2 Å². The topological polar surface area (TPSA) is 30.9 Å². The smallest absolute Gasteiger partial charge is 0.372 e. The summed E-state index contributed by atoms with van der Waals surface area (Å²) in [6.07, 6.45) is 19.6. The van der Waals surface area contributed by atoms with Crippen LogP contribution in [-0.2, 0) is 13.3 Å². The third-order valence-corrected chi connectivity index (χ3v) is 8.92. The van der Waals surface area contributed by atoms with E-state index >= 15 is 0 Å². The molecule has 0 aromatic carbocycles. The summed E-state index contributed by atoms with van der Waals surface area (Å²) in [5.41, 5.74) is 0. The summed E-state index contributed by atoms with van der Waals surface area (Å²) >= 11 is 0. The SMILES string of the molecule is CCCCCCCCCCCCCCCC[Si]12OCCN(CCO1)CCO2. The average molecular weight is 400 g/mol. The minimum absolute atomic E-state index is 0.783. The van der Waals surface area contributed by atoms with Crippen molar-refractivity contribution in [2.75, 3.05) is 39.5 Å². The molecule has 27 heavy (non-hydrogen) atoms. The Hall–Kier alpha value is 0.0569. The first-order chi connectivity index (χ1) is 13.3. The van der Waals surface area contributed by atoms with Crippen molar-refractivity contribution in [2.24, 2.45) is 0 Å². The molecule has 3 aliphatic rings. The Bertz CT molecular complexity index is 330. The van der Waals surface area contributed by atoms with Crippen molar-refractivity contribution in [1.82, 2.24) is 4.90 Å². The number of hydrogen-bond acceptors (Lipinski definition) is 4. The maximum Gasteiger partial charge on any atom is 0.501 e. The van der Waals surface area contributed by atoms with Gasteiger partial charge in [-0.25, -0.2) is 0 Å². The molecule has 0 saturated carbocycles. The Morgan fingerprint density at radius 3 is 1.33 bits per heavy atom. The van der Waals surface area contributed by atoms with Crippen LogP contribution in [0.15, 0.2) is 0 Å². The number of nitrogens with zero attached hydrogens (tertiary/aromatic N) is 1. The van der Waals surface area contributed by atoms with E-state index in [1.54, 1.807) is 0 Å². The zero-order valence-corrected chi connectivity index (χ0v) is 19.0. The maximum absolute atomic E-state index is 6.11. The summed E-state index contributed by atoms with van der Waals surface area (Å²) in [5, 5.41) is 0. The van der Waals surface area contributed by atoms with Gasteiger partial charge in [0.05, 0.1) is 19.8 Å². The first kappa shape index (κ1) is 23.3. The van der Waals surface area contributed by atoms with Gasteiger partial charge in [0.15, 0.2) is 0 Å². The maximum atomic E-state index is 6.11. The monoisotopic (exact) mass is 399 g/mol. The van der Waals surface area contributed by atoms with Gasteiger partial charge in [-0.3, -0.25) is 4.90 Å². The molecule has 0 N–H and O–H groups in total. The van der Waals surface area contributed by atoms with Crippen LogP contribution in [0.4, 0.5) is 0 Å². The molecule has 0 aliphatic carbocycles. The molecule has 0 amide bonds. The zero-order chi connectivity index (χ0) is 19.0. The fourth-order valence-corrected chi connectivity index (χ4v) is 6.78. The molecule has 3 rings (SSSR count). The third kappa shape index (κ3) is 10.4. The van der Waals surface area contributed by atoms with E-state index in [-0.39, 0.29) is 0 Å². The van der Waals surface area contributed by atoms with E-state index in [0.29, 0.717) is 0 Å². The Morgan fingerprint density at radius 2 is 0.926 bits per heavy atom. The van der Waals surface area contributed by atoms with Gasteiger partial charge in [-0.1, -0.05) is 90.4 Å². The lowest BCUT2D eigenvalue weighted by atomic mass is 10.0. The summed E-state index contributed by atoms with van der Waals surface area (Å²) in [7, 11) is -2.36. The highest BCUT2D eigenvalue weighted by molar-refractivity contribution is 6.60. The second-order valence-corrected chi connectivity index (χ2v) is 11.1. The van der Waals surface area contributed by atoms with Gasteiger partial charge in [0.25, 0.3) is 0 Å². The van der Waals surface area contributed by atoms with Gasteiger partial charge < -0.3 is 13.3 Å². The number of hydrogen-bond donors (Lipinski definition) is 0. The second kappa shape index (κ2) is 15.0. The minimum atomic E-state index is -2.36. The Kier molecular flexibility index (Phi) is 12.9. The van der Waals surface area contributed by atoms with Crippen LogP contribution in [0.5, 0.6) is 0 Å². The average Bonchev–Trinajstić information content (AvgIpc) is 2.62. The van der Waals surface area contributed by atoms with Crippen molar-refractivity contribution in [3.05, 3.63) is 0 Å². The highest BCUT2D eigenvalue weighted by atomic mass is 28.4. The Balaban J connectivity index is 1.40. The summed E-state index contributed by atoms with van der Waals surface area (Å²) in [6, 6.07) is 1.02. The van der Waals surface area contributed by atoms with Gasteiger partial charge in [-0.15, -0.1) is 0 Å². The lowest BCUT2D eigenvalue weighted by Gasteiger charge is -2.38. The van der Waals surface area contributed by atoms with Crippen molar-refractivity contribution in [1.29, 1.82) is 0 Å². The van der Waals surface area contributed by atoms with Crippen LogP contribution >= 0.6 is 0 Å². The van der Waals surface area contributed by atoms with Gasteiger partial charge in [0, 0.05) is 25.7 Å². The molecule has 160 valence electrons. The van der Waals surface area contributed by atoms with Crippen LogP contribution in [0.1, 0.15) is 96.8 Å². The number of rotatable bonds is 15. The predicted molar refractivity (Wildman–Crippen MR) is 115 cm³/mol. The summed E-state index contributed by atoms with van der Waals surface area (Å²) < 4.78 is 18.3. The lowest BCUT2D eigenvalue weighted by molar-refractivity contribution is -0.00860. The Morgan fingerprint density at radius 1 is 0.556 bits per heavy atom. The Labute approximate surface area is 169 Å². The number of unbranched alkanes of at least 4 members (excludes halogenated alkanes) is 13. The van der Waals surface area contributed by atoms with E-state index in [2.05, 4.69) is 11.8 Å². The molecule has 3 heterocycles. The standard InChI is InChI=1S/C22H45NO3Si/c1-2-3-4-5-6-7-8-9-10-11-12-13-14-15-22-27-24-19-16-23(17-20-25-27)18-21-26-27/h2-22H2,1H3. The predicted octanol–water partition coefficient (Wildman–Crippen LogP) is 5.79. The largest absolute Gasteiger partial charge is 0.501 e. The van der Waals surface area contributed by atoms with Gasteiger partial charge >= 0.3 is 8.80 Å². The highest BCUT2D eigenvalue weighted by Gasteiger charge is 2.43. The normalized spacial score (nSPS) is 25.9. The molecule has 0 unspecified atom stereocenters. The van der Waals surface area contributed by atoms with Gasteiger partial charge in [-0.2, -0.15) is 0 Å². The summed E-state index contributed by atoms with van der Waals surface area (Å²) in [5.74, 6) is 0. The summed E-state index contributed by atoms with van der Waals surface area (Å²) in [6.45, 7) is 7.76. The van der Waals surface area contributed by atoms with Gasteiger partial charge in [0.2, 0.25) is 0 Å². The van der Waals surface area contributed by atoms with Crippen LogP contribution in [0, 0.1) is 0 Å². The third-order valence-electron chi connectivity index (χ3n) is 6.02. The molecular formula is C22H45NO3Si. The molecule has 2 bridgehead atoms. The fraction of sp³-hybridized carbons (Fsp3) is 1.00. The molecule has 0 spiro atoms.